The molecular weight excluding hydrogens is 739 g/mol. The number of rotatable bonds is 5. The number of hydrogen-bond acceptors (Lipinski definition) is 0. The summed E-state index contributed by atoms with van der Waals surface area (Å²) in [6.45, 7) is 2.20. The van der Waals surface area contributed by atoms with Crippen molar-refractivity contribution in [3.63, 3.8) is 0 Å². The number of benzene rings is 8. The Bertz CT molecular complexity index is 2600. The average Bonchev–Trinajstić information content (AvgIpc) is 3.66. The number of aryl methyl sites for hydroxylation is 1. The summed E-state index contributed by atoms with van der Waals surface area (Å²) >= 11 is 2.59. The fourth-order valence-electron chi connectivity index (χ4n) is 9.48. The molecule has 2 aliphatic rings. The first kappa shape index (κ1) is 31.2. The van der Waals surface area contributed by atoms with Gasteiger partial charge in [0.05, 0.1) is 10.8 Å². The van der Waals surface area contributed by atoms with E-state index in [1.807, 2.05) is 0 Å². The molecule has 0 spiro atoms. The monoisotopic (exact) mass is 774 g/mol. The molecule has 1 heteroatoms. The maximum absolute atomic E-state index is 2.59. The molecule has 0 amide bonds. The summed E-state index contributed by atoms with van der Waals surface area (Å²) in [5, 5.41) is 0. The van der Waals surface area contributed by atoms with Crippen LogP contribution in [0.3, 0.4) is 0 Å². The molecule has 0 nitrogen and oxygen atoms in total. The molecule has 0 aliphatic heterocycles. The van der Waals surface area contributed by atoms with E-state index in [9.17, 15) is 0 Å². The van der Waals surface area contributed by atoms with Gasteiger partial charge in [-0.15, -0.1) is 0 Å². The van der Waals surface area contributed by atoms with Gasteiger partial charge in [0.2, 0.25) is 0 Å². The lowest BCUT2D eigenvalue weighted by atomic mass is 9.67. The Hall–Kier alpha value is -5.51. The van der Waals surface area contributed by atoms with Crippen LogP contribution in [-0.2, 0) is 10.8 Å². The van der Waals surface area contributed by atoms with Crippen LogP contribution >= 0.6 is 22.6 Å². The molecule has 0 saturated heterocycles. The molecule has 0 radical (unpaired) electrons. The lowest BCUT2D eigenvalue weighted by Crippen LogP contribution is -2.28. The summed E-state index contributed by atoms with van der Waals surface area (Å²) in [6, 6.07) is 72.6. The smallest absolute Gasteiger partial charge is 0.0622 e. The molecule has 0 saturated carbocycles. The maximum atomic E-state index is 2.59. The van der Waals surface area contributed by atoms with Crippen LogP contribution in [0.15, 0.2) is 194 Å². The molecule has 52 heavy (non-hydrogen) atoms. The fourth-order valence-corrected chi connectivity index (χ4v) is 10.3. The van der Waals surface area contributed by atoms with E-state index >= 15 is 0 Å². The van der Waals surface area contributed by atoms with Gasteiger partial charge < -0.3 is 0 Å². The summed E-state index contributed by atoms with van der Waals surface area (Å²) in [4.78, 5) is 0. The van der Waals surface area contributed by atoms with E-state index in [2.05, 4.69) is 224 Å². The molecule has 0 aromatic heterocycles. The van der Waals surface area contributed by atoms with Crippen LogP contribution in [0, 0.1) is 10.5 Å². The molecule has 0 N–H and O–H groups in total. The maximum Gasteiger partial charge on any atom is 0.0713 e. The summed E-state index contributed by atoms with van der Waals surface area (Å²) in [6.07, 6.45) is 0. The van der Waals surface area contributed by atoms with Gasteiger partial charge in [-0.2, -0.15) is 0 Å². The highest BCUT2D eigenvalue weighted by Crippen LogP contribution is 2.59. The topological polar surface area (TPSA) is 0 Å². The first-order chi connectivity index (χ1) is 25.6. The first-order valence-electron chi connectivity index (χ1n) is 18.0. The third-order valence-electron chi connectivity index (χ3n) is 11.6. The summed E-state index contributed by atoms with van der Waals surface area (Å²) < 4.78 is 1.24. The minimum atomic E-state index is -0.443. The van der Waals surface area contributed by atoms with Crippen LogP contribution in [0.25, 0.3) is 33.4 Å². The third-order valence-corrected chi connectivity index (χ3v) is 12.5. The largest absolute Gasteiger partial charge is 0.0713 e. The zero-order chi connectivity index (χ0) is 34.9. The van der Waals surface area contributed by atoms with Crippen molar-refractivity contribution < 1.29 is 0 Å². The molecule has 2 aliphatic carbocycles. The summed E-state index contributed by atoms with van der Waals surface area (Å²) in [7, 11) is 0. The Morgan fingerprint density at radius 1 is 0.327 bits per heavy atom. The van der Waals surface area contributed by atoms with Crippen LogP contribution in [-0.4, -0.2) is 0 Å². The quantitative estimate of drug-likeness (QED) is 0.153. The standard InChI is InChI=1S/C51H35I/c1-34-28-29-47-43(30-34)40-24-11-14-27-46(40)51(47,38-21-9-4-10-22-38)39-23-15-16-35(31-39)42-32-44-41-25-12-13-26-45(41)50(48(44)33-49(42)52,36-17-5-2-6-18-36)37-19-7-3-8-20-37/h2-33H,1H3. The molecule has 8 aromatic rings. The lowest BCUT2D eigenvalue weighted by molar-refractivity contribution is 0.767. The van der Waals surface area contributed by atoms with Crippen molar-refractivity contribution in [2.45, 2.75) is 17.8 Å². The van der Waals surface area contributed by atoms with Gasteiger partial charge in [0.1, 0.15) is 0 Å². The van der Waals surface area contributed by atoms with Crippen molar-refractivity contribution in [1.29, 1.82) is 0 Å². The van der Waals surface area contributed by atoms with Gasteiger partial charge in [-0.3, -0.25) is 0 Å². The van der Waals surface area contributed by atoms with E-state index < -0.39 is 10.8 Å². The van der Waals surface area contributed by atoms with Crippen molar-refractivity contribution in [1.82, 2.24) is 0 Å². The van der Waals surface area contributed by atoms with E-state index in [1.54, 1.807) is 0 Å². The van der Waals surface area contributed by atoms with E-state index in [-0.39, 0.29) is 0 Å². The molecular formula is C51H35I. The molecule has 8 aromatic carbocycles. The van der Waals surface area contributed by atoms with Crippen LogP contribution in [0.2, 0.25) is 0 Å². The minimum Gasteiger partial charge on any atom is -0.0622 e. The minimum absolute atomic E-state index is 0.415. The first-order valence-corrected chi connectivity index (χ1v) is 19.1. The Kier molecular flexibility index (Phi) is 7.23. The fraction of sp³-hybridized carbons (Fsp3) is 0.0588. The van der Waals surface area contributed by atoms with Crippen LogP contribution in [0.4, 0.5) is 0 Å². The third kappa shape index (κ3) is 4.32. The Balaban J connectivity index is 1.23. The predicted octanol–water partition coefficient (Wildman–Crippen LogP) is 13.0. The zero-order valence-electron chi connectivity index (χ0n) is 28.9. The lowest BCUT2D eigenvalue weighted by Gasteiger charge is -2.34. The van der Waals surface area contributed by atoms with Crippen molar-refractivity contribution >= 4 is 22.6 Å². The molecule has 0 heterocycles. The van der Waals surface area contributed by atoms with E-state index in [0.29, 0.717) is 0 Å². The number of hydrogen-bond donors (Lipinski definition) is 0. The SMILES string of the molecule is Cc1ccc2c(c1)-c1ccccc1C2(c1ccccc1)c1cccc(-c2cc3c(cc2I)C(c2ccccc2)(c2ccccc2)c2ccccc2-3)c1. The van der Waals surface area contributed by atoms with Gasteiger partial charge in [0.25, 0.3) is 0 Å². The summed E-state index contributed by atoms with van der Waals surface area (Å²) in [5.41, 5.74) is 18.7. The van der Waals surface area contributed by atoms with E-state index in [1.165, 1.54) is 87.0 Å². The van der Waals surface area contributed by atoms with Gasteiger partial charge in [-0.25, -0.2) is 0 Å². The van der Waals surface area contributed by atoms with Crippen molar-refractivity contribution in [3.8, 4) is 33.4 Å². The van der Waals surface area contributed by atoms with E-state index in [0.717, 1.165) is 0 Å². The Morgan fingerprint density at radius 3 is 1.37 bits per heavy atom. The molecule has 246 valence electrons. The second-order valence-corrected chi connectivity index (χ2v) is 15.4. The normalized spacial score (nSPS) is 16.1. The van der Waals surface area contributed by atoms with Crippen LogP contribution in [0.1, 0.15) is 50.1 Å². The molecule has 0 bridgehead atoms. The average molecular weight is 775 g/mol. The Morgan fingerprint density at radius 2 is 0.788 bits per heavy atom. The highest BCUT2D eigenvalue weighted by molar-refractivity contribution is 14.1. The molecule has 1 unspecified atom stereocenters. The van der Waals surface area contributed by atoms with Crippen LogP contribution < -0.4 is 0 Å². The number of halogens is 1. The predicted molar refractivity (Wildman–Crippen MR) is 224 cm³/mol. The molecule has 0 fully saturated rings. The van der Waals surface area contributed by atoms with Gasteiger partial charge in [-0.1, -0.05) is 181 Å². The van der Waals surface area contributed by atoms with Crippen molar-refractivity contribution in [2.24, 2.45) is 0 Å². The molecule has 10 rings (SSSR count). The highest BCUT2D eigenvalue weighted by Gasteiger charge is 2.48. The van der Waals surface area contributed by atoms with Crippen molar-refractivity contribution in [2.75, 3.05) is 0 Å². The Labute approximate surface area is 319 Å². The van der Waals surface area contributed by atoms with Gasteiger partial charge in [-0.05, 0) is 126 Å². The van der Waals surface area contributed by atoms with Crippen molar-refractivity contribution in [3.05, 3.63) is 248 Å². The van der Waals surface area contributed by atoms with Gasteiger partial charge in [0, 0.05) is 3.57 Å². The van der Waals surface area contributed by atoms with Gasteiger partial charge in [0.15, 0.2) is 0 Å². The second kappa shape index (κ2) is 12.0. The highest BCUT2D eigenvalue weighted by atomic mass is 127. The van der Waals surface area contributed by atoms with Crippen LogP contribution in [0.5, 0.6) is 0 Å². The summed E-state index contributed by atoms with van der Waals surface area (Å²) in [5.74, 6) is 0. The van der Waals surface area contributed by atoms with Gasteiger partial charge >= 0.3 is 0 Å². The zero-order valence-corrected chi connectivity index (χ0v) is 31.0. The second-order valence-electron chi connectivity index (χ2n) is 14.2. The van der Waals surface area contributed by atoms with E-state index in [4.69, 9.17) is 0 Å². The molecule has 1 atom stereocenters. The number of fused-ring (bicyclic) bond motifs is 6.